The van der Waals surface area contributed by atoms with Gasteiger partial charge in [0.05, 0.1) is 6.04 Å². The molecule has 0 spiro atoms. The fourth-order valence-electron chi connectivity index (χ4n) is 1.23. The third kappa shape index (κ3) is 3.08. The lowest BCUT2D eigenvalue weighted by Gasteiger charge is -2.16. The van der Waals surface area contributed by atoms with Crippen molar-refractivity contribution < 1.29 is 9.59 Å². The molecule has 0 saturated carbocycles. The average molecular weight is 220 g/mol. The van der Waals surface area contributed by atoms with Crippen molar-refractivity contribution in [3.8, 4) is 0 Å². The maximum Gasteiger partial charge on any atom is 0.251 e. The number of amides is 1. The quantitative estimate of drug-likeness (QED) is 0.592. The summed E-state index contributed by atoms with van der Waals surface area (Å²) >= 11 is 0. The normalized spacial score (nSPS) is 12.2. The van der Waals surface area contributed by atoms with Crippen LogP contribution in [-0.4, -0.2) is 18.2 Å². The summed E-state index contributed by atoms with van der Waals surface area (Å²) in [6, 6.07) is 6.12. The highest BCUT2D eigenvalue weighted by Crippen LogP contribution is 2.06. The number of hydrogen-bond donors (Lipinski definition) is 2. The van der Waals surface area contributed by atoms with Gasteiger partial charge in [-0.25, -0.2) is 0 Å². The molecule has 0 fully saturated rings. The topological polar surface area (TPSA) is 72.2 Å². The van der Waals surface area contributed by atoms with Crippen LogP contribution in [0.2, 0.25) is 0 Å². The highest BCUT2D eigenvalue weighted by atomic mass is 16.2. The van der Waals surface area contributed by atoms with Gasteiger partial charge in [-0.3, -0.25) is 4.79 Å². The summed E-state index contributed by atoms with van der Waals surface area (Å²) in [4.78, 5) is 22.5. The van der Waals surface area contributed by atoms with E-state index in [9.17, 15) is 9.59 Å². The van der Waals surface area contributed by atoms with Crippen LogP contribution in [0.3, 0.4) is 0 Å². The molecule has 1 atom stereocenters. The Kier molecular flexibility index (Phi) is 4.05. The van der Waals surface area contributed by atoms with Gasteiger partial charge in [-0.15, -0.1) is 0 Å². The van der Waals surface area contributed by atoms with Crippen molar-refractivity contribution in [2.45, 2.75) is 19.9 Å². The zero-order valence-electron chi connectivity index (χ0n) is 9.44. The summed E-state index contributed by atoms with van der Waals surface area (Å²) in [7, 11) is 0. The highest BCUT2D eigenvalue weighted by molar-refractivity contribution is 5.95. The van der Waals surface area contributed by atoms with Crippen molar-refractivity contribution in [3.63, 3.8) is 0 Å². The number of benzene rings is 1. The molecule has 0 heterocycles. The fourth-order valence-corrected chi connectivity index (χ4v) is 1.23. The first kappa shape index (κ1) is 12.2. The molecule has 3 N–H and O–H groups in total. The Balaban J connectivity index is 2.71. The second-order valence-corrected chi connectivity index (χ2v) is 4.00. The molecule has 86 valence electrons. The van der Waals surface area contributed by atoms with Gasteiger partial charge in [-0.2, -0.15) is 0 Å². The van der Waals surface area contributed by atoms with E-state index < -0.39 is 6.04 Å². The van der Waals surface area contributed by atoms with E-state index in [2.05, 4.69) is 5.32 Å². The van der Waals surface area contributed by atoms with Crippen molar-refractivity contribution in [2.24, 2.45) is 5.92 Å². The lowest BCUT2D eigenvalue weighted by atomic mass is 10.1. The molecule has 0 aromatic heterocycles. The van der Waals surface area contributed by atoms with Gasteiger partial charge >= 0.3 is 0 Å². The zero-order chi connectivity index (χ0) is 12.1. The summed E-state index contributed by atoms with van der Waals surface area (Å²) in [6.07, 6.45) is 0.750. The third-order valence-corrected chi connectivity index (χ3v) is 2.34. The number of anilines is 1. The number of nitrogen functional groups attached to an aromatic ring is 1. The van der Waals surface area contributed by atoms with E-state index in [0.29, 0.717) is 11.3 Å². The van der Waals surface area contributed by atoms with Crippen LogP contribution in [-0.2, 0) is 4.79 Å². The SMILES string of the molecule is CC(C)C(C=O)NC(=O)c1ccc(N)cc1. The van der Waals surface area contributed by atoms with E-state index >= 15 is 0 Å². The molecule has 1 amide bonds. The van der Waals surface area contributed by atoms with Gasteiger partial charge < -0.3 is 15.8 Å². The molecule has 1 rings (SSSR count). The molecule has 4 nitrogen and oxygen atoms in total. The minimum absolute atomic E-state index is 0.0789. The monoisotopic (exact) mass is 220 g/mol. The highest BCUT2D eigenvalue weighted by Gasteiger charge is 2.15. The number of aldehydes is 1. The first-order valence-corrected chi connectivity index (χ1v) is 5.16. The Morgan fingerprint density at radius 2 is 1.88 bits per heavy atom. The van der Waals surface area contributed by atoms with Gasteiger partial charge in [-0.05, 0) is 30.2 Å². The standard InChI is InChI=1S/C12H16N2O2/c1-8(2)11(7-15)14-12(16)9-3-5-10(13)6-4-9/h3-8,11H,13H2,1-2H3,(H,14,16). The molecule has 1 unspecified atom stereocenters. The van der Waals surface area contributed by atoms with Gasteiger partial charge in [0.25, 0.3) is 5.91 Å². The molecular weight excluding hydrogens is 204 g/mol. The van der Waals surface area contributed by atoms with Crippen LogP contribution in [0.15, 0.2) is 24.3 Å². The second-order valence-electron chi connectivity index (χ2n) is 4.00. The number of nitrogens with one attached hydrogen (secondary N) is 1. The van der Waals surface area contributed by atoms with E-state index in [4.69, 9.17) is 5.73 Å². The van der Waals surface area contributed by atoms with Gasteiger partial charge in [0.2, 0.25) is 0 Å². The lowest BCUT2D eigenvalue weighted by Crippen LogP contribution is -2.39. The Bertz CT molecular complexity index is 371. The number of carbonyl (C=O) groups excluding carboxylic acids is 2. The molecule has 4 heteroatoms. The fraction of sp³-hybridized carbons (Fsp3) is 0.333. The number of hydrogen-bond acceptors (Lipinski definition) is 3. The van der Waals surface area contributed by atoms with E-state index in [1.54, 1.807) is 24.3 Å². The molecule has 16 heavy (non-hydrogen) atoms. The second kappa shape index (κ2) is 5.30. The minimum atomic E-state index is -0.454. The van der Waals surface area contributed by atoms with Crippen LogP contribution in [0.25, 0.3) is 0 Å². The van der Waals surface area contributed by atoms with E-state index in [-0.39, 0.29) is 11.8 Å². The Labute approximate surface area is 94.8 Å². The molecule has 1 aromatic carbocycles. The number of rotatable bonds is 4. The smallest absolute Gasteiger partial charge is 0.251 e. The largest absolute Gasteiger partial charge is 0.399 e. The number of nitrogens with two attached hydrogens (primary N) is 1. The third-order valence-electron chi connectivity index (χ3n) is 2.34. The van der Waals surface area contributed by atoms with Gasteiger partial charge in [0, 0.05) is 11.3 Å². The van der Waals surface area contributed by atoms with Gasteiger partial charge in [0.15, 0.2) is 0 Å². The van der Waals surface area contributed by atoms with Crippen LogP contribution >= 0.6 is 0 Å². The van der Waals surface area contributed by atoms with Crippen molar-refractivity contribution in [1.29, 1.82) is 0 Å². The summed E-state index contributed by atoms with van der Waals surface area (Å²) in [6.45, 7) is 3.75. The van der Waals surface area contributed by atoms with Crippen molar-refractivity contribution >= 4 is 17.9 Å². The van der Waals surface area contributed by atoms with Crippen LogP contribution in [0.5, 0.6) is 0 Å². The molecule has 0 bridgehead atoms. The van der Waals surface area contributed by atoms with Crippen molar-refractivity contribution in [1.82, 2.24) is 5.32 Å². The maximum atomic E-state index is 11.7. The lowest BCUT2D eigenvalue weighted by molar-refractivity contribution is -0.110. The average Bonchev–Trinajstić information content (AvgIpc) is 2.26. The first-order valence-electron chi connectivity index (χ1n) is 5.16. The van der Waals surface area contributed by atoms with Gasteiger partial charge in [-0.1, -0.05) is 13.8 Å². The molecule has 0 radical (unpaired) electrons. The molecule has 0 aliphatic rings. The van der Waals surface area contributed by atoms with Crippen LogP contribution in [0.1, 0.15) is 24.2 Å². The summed E-state index contributed by atoms with van der Waals surface area (Å²) in [5.41, 5.74) is 6.62. The molecular formula is C12H16N2O2. The van der Waals surface area contributed by atoms with Crippen LogP contribution in [0, 0.1) is 5.92 Å². The van der Waals surface area contributed by atoms with E-state index in [0.717, 1.165) is 6.29 Å². The van der Waals surface area contributed by atoms with Crippen LogP contribution < -0.4 is 11.1 Å². The molecule has 0 saturated heterocycles. The summed E-state index contributed by atoms with van der Waals surface area (Å²) in [5.74, 6) is -0.180. The minimum Gasteiger partial charge on any atom is -0.399 e. The summed E-state index contributed by atoms with van der Waals surface area (Å²) in [5, 5.41) is 2.65. The molecule has 0 aliphatic carbocycles. The van der Waals surface area contributed by atoms with Crippen molar-refractivity contribution in [2.75, 3.05) is 5.73 Å². The predicted octanol–water partition coefficient (Wildman–Crippen LogP) is 1.22. The van der Waals surface area contributed by atoms with Crippen molar-refractivity contribution in [3.05, 3.63) is 29.8 Å². The molecule has 1 aromatic rings. The van der Waals surface area contributed by atoms with E-state index in [1.807, 2.05) is 13.8 Å². The summed E-state index contributed by atoms with van der Waals surface area (Å²) < 4.78 is 0. The Hall–Kier alpha value is -1.84. The van der Waals surface area contributed by atoms with E-state index in [1.165, 1.54) is 0 Å². The Morgan fingerprint density at radius 3 is 2.31 bits per heavy atom. The number of carbonyl (C=O) groups is 2. The first-order chi connectivity index (χ1) is 7.54. The van der Waals surface area contributed by atoms with Gasteiger partial charge in [0.1, 0.15) is 6.29 Å². The Morgan fingerprint density at radius 1 is 1.31 bits per heavy atom. The maximum absolute atomic E-state index is 11.7. The predicted molar refractivity (Wildman–Crippen MR) is 63.0 cm³/mol. The van der Waals surface area contributed by atoms with Crippen LogP contribution in [0.4, 0.5) is 5.69 Å². The zero-order valence-corrected chi connectivity index (χ0v) is 9.44. The molecule has 0 aliphatic heterocycles.